The molecule has 0 amide bonds. The number of halogens is 1. The minimum atomic E-state index is -0.425. The highest BCUT2D eigenvalue weighted by molar-refractivity contribution is 7.98. The van der Waals surface area contributed by atoms with Crippen molar-refractivity contribution in [1.82, 2.24) is 4.98 Å². The second-order valence-corrected chi connectivity index (χ2v) is 5.61. The zero-order valence-corrected chi connectivity index (χ0v) is 13.1. The zero-order chi connectivity index (χ0) is 15.2. The normalized spacial score (nSPS) is 10.4. The van der Waals surface area contributed by atoms with Gasteiger partial charge in [0, 0.05) is 17.0 Å². The number of benzene rings is 1. The first-order valence-corrected chi connectivity index (χ1v) is 7.77. The highest BCUT2D eigenvalue weighted by Crippen LogP contribution is 2.29. The molecule has 0 aliphatic carbocycles. The molecule has 0 spiro atoms. The summed E-state index contributed by atoms with van der Waals surface area (Å²) in [6.45, 7) is 2.07. The van der Waals surface area contributed by atoms with E-state index in [0.29, 0.717) is 33.7 Å². The lowest BCUT2D eigenvalue weighted by Gasteiger charge is -2.09. The summed E-state index contributed by atoms with van der Waals surface area (Å²) in [6, 6.07) is 9.13. The van der Waals surface area contributed by atoms with Crippen LogP contribution in [0.15, 0.2) is 41.6 Å². The van der Waals surface area contributed by atoms with Crippen LogP contribution < -0.4 is 5.73 Å². The molecule has 0 radical (unpaired) electrons. The van der Waals surface area contributed by atoms with Crippen LogP contribution >= 0.6 is 23.4 Å². The third kappa shape index (κ3) is 4.12. The molecule has 1 aromatic heterocycles. The summed E-state index contributed by atoms with van der Waals surface area (Å²) in [5, 5.41) is 1.32. The molecule has 0 saturated heterocycles. The molecule has 0 fully saturated rings. The Morgan fingerprint density at radius 3 is 2.71 bits per heavy atom. The maximum Gasteiger partial charge on any atom is 0.340 e. The van der Waals surface area contributed by atoms with E-state index in [1.54, 1.807) is 19.2 Å². The van der Waals surface area contributed by atoms with Gasteiger partial charge in [-0.2, -0.15) is 0 Å². The topological polar surface area (TPSA) is 65.2 Å². The van der Waals surface area contributed by atoms with Gasteiger partial charge < -0.3 is 10.5 Å². The predicted octanol–water partition coefficient (Wildman–Crippen LogP) is 3.79. The number of esters is 1. The molecule has 2 aromatic rings. The van der Waals surface area contributed by atoms with Crippen LogP contribution in [0.25, 0.3) is 0 Å². The number of carbonyl (C=O) groups excluding carboxylic acids is 1. The Morgan fingerprint density at radius 2 is 2.05 bits per heavy atom. The van der Waals surface area contributed by atoms with Crippen molar-refractivity contribution in [2.24, 2.45) is 0 Å². The number of nitrogen functional groups attached to an aromatic ring is 1. The Labute approximate surface area is 132 Å². The molecule has 1 heterocycles. The van der Waals surface area contributed by atoms with Crippen LogP contribution in [0, 0.1) is 0 Å². The van der Waals surface area contributed by atoms with Crippen LogP contribution in [0.2, 0.25) is 5.02 Å². The van der Waals surface area contributed by atoms with Gasteiger partial charge in [0.2, 0.25) is 0 Å². The van der Waals surface area contributed by atoms with E-state index in [2.05, 4.69) is 4.98 Å². The molecule has 4 nitrogen and oxygen atoms in total. The number of hydrogen-bond acceptors (Lipinski definition) is 5. The molecule has 6 heteroatoms. The number of pyridine rings is 1. The molecule has 0 aliphatic rings. The molecule has 0 atom stereocenters. The van der Waals surface area contributed by atoms with Gasteiger partial charge in [-0.15, -0.1) is 0 Å². The largest absolute Gasteiger partial charge is 0.462 e. The fourth-order valence-electron chi connectivity index (χ4n) is 1.69. The predicted molar refractivity (Wildman–Crippen MR) is 85.6 cm³/mol. The van der Waals surface area contributed by atoms with Crippen molar-refractivity contribution in [1.29, 1.82) is 0 Å². The molecular weight excluding hydrogens is 308 g/mol. The van der Waals surface area contributed by atoms with E-state index in [1.165, 1.54) is 11.8 Å². The zero-order valence-electron chi connectivity index (χ0n) is 11.5. The summed E-state index contributed by atoms with van der Waals surface area (Å²) >= 11 is 7.32. The third-order valence-electron chi connectivity index (χ3n) is 2.74. The van der Waals surface area contributed by atoms with Crippen molar-refractivity contribution < 1.29 is 9.53 Å². The summed E-state index contributed by atoms with van der Waals surface area (Å²) in [7, 11) is 0. The molecule has 0 aliphatic heterocycles. The number of aromatic nitrogens is 1. The molecular formula is C15H15ClN2O2S. The van der Waals surface area contributed by atoms with Crippen LogP contribution in [0.4, 0.5) is 5.69 Å². The number of hydrogen-bond donors (Lipinski definition) is 1. The average Bonchev–Trinajstić information content (AvgIpc) is 2.48. The van der Waals surface area contributed by atoms with Gasteiger partial charge in [0.1, 0.15) is 5.03 Å². The summed E-state index contributed by atoms with van der Waals surface area (Å²) < 4.78 is 4.97. The van der Waals surface area contributed by atoms with Gasteiger partial charge in [-0.25, -0.2) is 9.78 Å². The number of rotatable bonds is 5. The van der Waals surface area contributed by atoms with Gasteiger partial charge in [0.05, 0.1) is 17.9 Å². The molecule has 0 saturated carbocycles. The van der Waals surface area contributed by atoms with Gasteiger partial charge in [0.15, 0.2) is 0 Å². The Balaban J connectivity index is 2.11. The first-order chi connectivity index (χ1) is 10.1. The van der Waals surface area contributed by atoms with Crippen LogP contribution in [0.5, 0.6) is 0 Å². The first-order valence-electron chi connectivity index (χ1n) is 6.40. The van der Waals surface area contributed by atoms with Gasteiger partial charge in [-0.05, 0) is 30.7 Å². The standard InChI is InChI=1S/C15H15ClN2O2S/c1-2-20-15(19)12-7-8-18-14(13(12)17)21-9-10-3-5-11(16)6-4-10/h3-8H,2,9,17H2,1H3. The Kier molecular flexibility index (Phi) is 5.47. The van der Waals surface area contributed by atoms with Crippen LogP contribution in [0.1, 0.15) is 22.8 Å². The van der Waals surface area contributed by atoms with Crippen molar-refractivity contribution in [3.05, 3.63) is 52.7 Å². The molecule has 0 unspecified atom stereocenters. The minimum Gasteiger partial charge on any atom is -0.462 e. The highest BCUT2D eigenvalue weighted by Gasteiger charge is 2.14. The van der Waals surface area contributed by atoms with E-state index in [9.17, 15) is 4.79 Å². The first kappa shape index (κ1) is 15.7. The second-order valence-electron chi connectivity index (χ2n) is 4.21. The molecule has 1 aromatic carbocycles. The van der Waals surface area contributed by atoms with E-state index in [4.69, 9.17) is 22.1 Å². The van der Waals surface area contributed by atoms with Crippen LogP contribution in [0.3, 0.4) is 0 Å². The number of ether oxygens (including phenoxy) is 1. The van der Waals surface area contributed by atoms with E-state index < -0.39 is 5.97 Å². The molecule has 0 bridgehead atoms. The van der Waals surface area contributed by atoms with E-state index >= 15 is 0 Å². The van der Waals surface area contributed by atoms with Crippen molar-refractivity contribution in [3.63, 3.8) is 0 Å². The number of nitrogens with zero attached hydrogens (tertiary/aromatic N) is 1. The van der Waals surface area contributed by atoms with E-state index in [0.717, 1.165) is 5.56 Å². The smallest absolute Gasteiger partial charge is 0.340 e. The van der Waals surface area contributed by atoms with Crippen LogP contribution in [-0.2, 0) is 10.5 Å². The Hall–Kier alpha value is -1.72. The third-order valence-corrected chi connectivity index (χ3v) is 4.07. The lowest BCUT2D eigenvalue weighted by Crippen LogP contribution is -2.09. The molecule has 110 valence electrons. The summed E-state index contributed by atoms with van der Waals surface area (Å²) in [5.74, 6) is 0.270. The van der Waals surface area contributed by atoms with Gasteiger partial charge >= 0.3 is 5.97 Å². The van der Waals surface area contributed by atoms with Crippen molar-refractivity contribution >= 4 is 35.0 Å². The average molecular weight is 323 g/mol. The highest BCUT2D eigenvalue weighted by atomic mass is 35.5. The molecule has 2 N–H and O–H groups in total. The molecule has 2 rings (SSSR count). The lowest BCUT2D eigenvalue weighted by atomic mass is 10.2. The van der Waals surface area contributed by atoms with Crippen LogP contribution in [-0.4, -0.2) is 17.6 Å². The Bertz CT molecular complexity index is 632. The SMILES string of the molecule is CCOC(=O)c1ccnc(SCc2ccc(Cl)cc2)c1N. The summed E-state index contributed by atoms with van der Waals surface area (Å²) in [4.78, 5) is 16.0. The van der Waals surface area contributed by atoms with Gasteiger partial charge in [-0.1, -0.05) is 35.5 Å². The monoisotopic (exact) mass is 322 g/mol. The fraction of sp³-hybridized carbons (Fsp3) is 0.200. The quantitative estimate of drug-likeness (QED) is 0.670. The van der Waals surface area contributed by atoms with E-state index in [1.807, 2.05) is 24.3 Å². The summed E-state index contributed by atoms with van der Waals surface area (Å²) in [5.41, 5.74) is 7.81. The summed E-state index contributed by atoms with van der Waals surface area (Å²) in [6.07, 6.45) is 1.56. The second kappa shape index (κ2) is 7.33. The Morgan fingerprint density at radius 1 is 1.33 bits per heavy atom. The van der Waals surface area contributed by atoms with Crippen molar-refractivity contribution in [2.75, 3.05) is 12.3 Å². The van der Waals surface area contributed by atoms with Gasteiger partial charge in [-0.3, -0.25) is 0 Å². The van der Waals surface area contributed by atoms with Crippen molar-refractivity contribution in [2.45, 2.75) is 17.7 Å². The fourth-order valence-corrected chi connectivity index (χ4v) is 2.71. The van der Waals surface area contributed by atoms with Crippen molar-refractivity contribution in [3.8, 4) is 0 Å². The number of anilines is 1. The minimum absolute atomic E-state index is 0.313. The maximum atomic E-state index is 11.8. The number of carbonyl (C=O) groups is 1. The van der Waals surface area contributed by atoms with E-state index in [-0.39, 0.29) is 0 Å². The lowest BCUT2D eigenvalue weighted by molar-refractivity contribution is 0.0527. The maximum absolute atomic E-state index is 11.8. The molecule has 21 heavy (non-hydrogen) atoms. The number of thioether (sulfide) groups is 1. The van der Waals surface area contributed by atoms with Gasteiger partial charge in [0.25, 0.3) is 0 Å². The number of nitrogens with two attached hydrogens (primary N) is 1.